The maximum Gasteiger partial charge on any atom is 0.262 e. The zero-order valence-electron chi connectivity index (χ0n) is 15.5. The van der Waals surface area contributed by atoms with Crippen LogP contribution < -0.4 is 5.56 Å². The highest BCUT2D eigenvalue weighted by Crippen LogP contribution is 2.47. The molecule has 148 valence electrons. The van der Waals surface area contributed by atoms with E-state index < -0.39 is 5.92 Å². The van der Waals surface area contributed by atoms with Crippen molar-refractivity contribution in [2.24, 2.45) is 0 Å². The Morgan fingerprint density at radius 3 is 2.57 bits per heavy atom. The molecule has 0 amide bonds. The minimum Gasteiger partial charge on any atom is -0.448 e. The van der Waals surface area contributed by atoms with E-state index in [-0.39, 0.29) is 36.3 Å². The van der Waals surface area contributed by atoms with Gasteiger partial charge in [0.25, 0.3) is 5.56 Å². The van der Waals surface area contributed by atoms with Crippen LogP contribution in [0.5, 0.6) is 0 Å². The summed E-state index contributed by atoms with van der Waals surface area (Å²) in [6.07, 6.45) is 5.23. The van der Waals surface area contributed by atoms with Crippen molar-refractivity contribution in [3.8, 4) is 0 Å². The number of oxazole rings is 1. The van der Waals surface area contributed by atoms with E-state index in [2.05, 4.69) is 15.1 Å². The molecule has 1 N–H and O–H groups in total. The molecule has 7 nitrogen and oxygen atoms in total. The molecule has 1 unspecified atom stereocenters. The number of halogens is 2. The van der Waals surface area contributed by atoms with Gasteiger partial charge in [0.1, 0.15) is 17.5 Å². The van der Waals surface area contributed by atoms with E-state index in [1.807, 2.05) is 6.92 Å². The molecule has 0 spiro atoms. The molecular weight excluding hydrogens is 368 g/mol. The van der Waals surface area contributed by atoms with E-state index in [4.69, 9.17) is 9.40 Å². The predicted octanol–water partition coefficient (Wildman–Crippen LogP) is 3.83. The number of aryl methyl sites for hydroxylation is 1. The van der Waals surface area contributed by atoms with Crippen molar-refractivity contribution in [2.45, 2.75) is 69.2 Å². The minimum absolute atomic E-state index is 0.0224. The van der Waals surface area contributed by atoms with Gasteiger partial charge in [0.2, 0.25) is 5.92 Å². The van der Waals surface area contributed by atoms with Crippen molar-refractivity contribution < 1.29 is 13.2 Å². The smallest absolute Gasteiger partial charge is 0.262 e. The summed E-state index contributed by atoms with van der Waals surface area (Å²) in [5.41, 5.74) is 1.05. The summed E-state index contributed by atoms with van der Waals surface area (Å²) in [5, 5.41) is 4.70. The summed E-state index contributed by atoms with van der Waals surface area (Å²) in [4.78, 5) is 24.6. The van der Waals surface area contributed by atoms with E-state index in [0.29, 0.717) is 35.6 Å². The standard InChI is InChI=1S/C19H21F2N5O2/c1-10-9-28-18(23-10)13-3-2-12(13)15-24-16-14(17(27)25-15)8-22-26(16)11-4-6-19(20,21)7-5-11/h8-9,11-13H,2-7H2,1H3,(H,24,25,27)/t12?,13-/m1/s1. The fourth-order valence-electron chi connectivity index (χ4n) is 4.33. The van der Waals surface area contributed by atoms with E-state index in [1.165, 1.54) is 6.20 Å². The summed E-state index contributed by atoms with van der Waals surface area (Å²) in [6, 6.07) is -0.161. The first-order valence-corrected chi connectivity index (χ1v) is 9.68. The number of nitrogens with zero attached hydrogens (tertiary/aromatic N) is 4. The Morgan fingerprint density at radius 2 is 1.93 bits per heavy atom. The number of rotatable bonds is 3. The Labute approximate surface area is 159 Å². The Bertz CT molecular complexity index is 1080. The zero-order valence-corrected chi connectivity index (χ0v) is 15.5. The molecular formula is C19H21F2N5O2. The lowest BCUT2D eigenvalue weighted by Gasteiger charge is -2.33. The number of hydrogen-bond donors (Lipinski definition) is 1. The molecule has 3 heterocycles. The number of alkyl halides is 2. The normalized spacial score (nSPS) is 25.1. The van der Waals surface area contributed by atoms with Crippen LogP contribution in [0.4, 0.5) is 8.78 Å². The van der Waals surface area contributed by atoms with Crippen molar-refractivity contribution >= 4 is 11.0 Å². The SMILES string of the molecule is Cc1coc([C@@H]2CCC2c2nc3c(cnn3C3CCC(F)(F)CC3)c(=O)[nH]2)n1. The molecule has 5 rings (SSSR count). The second kappa shape index (κ2) is 6.22. The molecule has 2 aliphatic carbocycles. The molecule has 2 aliphatic rings. The number of fused-ring (bicyclic) bond motifs is 1. The fraction of sp³-hybridized carbons (Fsp3) is 0.579. The molecule has 0 radical (unpaired) electrons. The van der Waals surface area contributed by atoms with Crippen LogP contribution in [0.15, 0.2) is 21.7 Å². The van der Waals surface area contributed by atoms with Gasteiger partial charge in [-0.1, -0.05) is 0 Å². The fourth-order valence-corrected chi connectivity index (χ4v) is 4.33. The quantitative estimate of drug-likeness (QED) is 0.735. The molecule has 0 aromatic carbocycles. The van der Waals surface area contributed by atoms with Crippen LogP contribution in [0.2, 0.25) is 0 Å². The second-order valence-corrected chi connectivity index (χ2v) is 7.98. The van der Waals surface area contributed by atoms with Gasteiger partial charge >= 0.3 is 0 Å². The summed E-state index contributed by atoms with van der Waals surface area (Å²) in [6.45, 7) is 1.87. The molecule has 2 atom stereocenters. The molecule has 3 aromatic heterocycles. The van der Waals surface area contributed by atoms with Crippen molar-refractivity contribution in [1.29, 1.82) is 0 Å². The van der Waals surface area contributed by atoms with Gasteiger partial charge in [0.15, 0.2) is 11.5 Å². The van der Waals surface area contributed by atoms with Gasteiger partial charge in [-0.15, -0.1) is 0 Å². The first-order chi connectivity index (χ1) is 13.4. The largest absolute Gasteiger partial charge is 0.448 e. The van der Waals surface area contributed by atoms with Crippen molar-refractivity contribution in [1.82, 2.24) is 24.7 Å². The summed E-state index contributed by atoms with van der Waals surface area (Å²) in [7, 11) is 0. The lowest BCUT2D eigenvalue weighted by Crippen LogP contribution is -2.28. The molecule has 28 heavy (non-hydrogen) atoms. The van der Waals surface area contributed by atoms with Gasteiger partial charge in [0, 0.05) is 24.7 Å². The maximum atomic E-state index is 13.5. The van der Waals surface area contributed by atoms with Gasteiger partial charge < -0.3 is 9.40 Å². The highest BCUT2D eigenvalue weighted by atomic mass is 19.3. The third kappa shape index (κ3) is 2.84. The number of H-pyrrole nitrogens is 1. The average Bonchev–Trinajstić information content (AvgIpc) is 3.21. The van der Waals surface area contributed by atoms with Gasteiger partial charge in [0.05, 0.1) is 17.9 Å². The Balaban J connectivity index is 1.49. The lowest BCUT2D eigenvalue weighted by atomic mass is 9.73. The van der Waals surface area contributed by atoms with Gasteiger partial charge in [-0.3, -0.25) is 4.79 Å². The maximum absolute atomic E-state index is 13.5. The van der Waals surface area contributed by atoms with Crippen LogP contribution in [-0.2, 0) is 0 Å². The Hall–Kier alpha value is -2.58. The number of aromatic amines is 1. The van der Waals surface area contributed by atoms with Gasteiger partial charge in [-0.2, -0.15) is 5.10 Å². The van der Waals surface area contributed by atoms with Crippen LogP contribution >= 0.6 is 0 Å². The van der Waals surface area contributed by atoms with Crippen LogP contribution in [0.25, 0.3) is 11.0 Å². The van der Waals surface area contributed by atoms with E-state index in [9.17, 15) is 13.6 Å². The van der Waals surface area contributed by atoms with Crippen molar-refractivity contribution in [2.75, 3.05) is 0 Å². The highest BCUT2D eigenvalue weighted by molar-refractivity contribution is 5.73. The topological polar surface area (TPSA) is 89.6 Å². The molecule has 0 aliphatic heterocycles. The molecule has 0 bridgehead atoms. The molecule has 2 fully saturated rings. The van der Waals surface area contributed by atoms with Gasteiger partial charge in [-0.05, 0) is 32.6 Å². The van der Waals surface area contributed by atoms with Gasteiger partial charge in [-0.25, -0.2) is 23.4 Å². The molecule has 9 heteroatoms. The summed E-state index contributed by atoms with van der Waals surface area (Å²) in [5.74, 6) is -1.25. The number of aromatic nitrogens is 5. The molecule has 2 saturated carbocycles. The minimum atomic E-state index is -2.61. The average molecular weight is 389 g/mol. The second-order valence-electron chi connectivity index (χ2n) is 7.98. The predicted molar refractivity (Wildman–Crippen MR) is 96.6 cm³/mol. The van der Waals surface area contributed by atoms with E-state index in [1.54, 1.807) is 10.9 Å². The zero-order chi connectivity index (χ0) is 19.5. The number of hydrogen-bond acceptors (Lipinski definition) is 5. The van der Waals surface area contributed by atoms with E-state index >= 15 is 0 Å². The van der Waals surface area contributed by atoms with E-state index in [0.717, 1.165) is 18.5 Å². The van der Waals surface area contributed by atoms with Crippen molar-refractivity contribution in [3.05, 3.63) is 40.2 Å². The Kier molecular flexibility index (Phi) is 3.89. The Morgan fingerprint density at radius 1 is 1.18 bits per heavy atom. The summed E-state index contributed by atoms with van der Waals surface area (Å²) >= 11 is 0. The molecule has 3 aromatic rings. The number of nitrogens with one attached hydrogen (secondary N) is 1. The third-order valence-corrected chi connectivity index (χ3v) is 6.09. The summed E-state index contributed by atoms with van der Waals surface area (Å²) < 4.78 is 34.2. The first-order valence-electron chi connectivity index (χ1n) is 9.68. The van der Waals surface area contributed by atoms with Crippen LogP contribution in [0, 0.1) is 6.92 Å². The van der Waals surface area contributed by atoms with Crippen LogP contribution in [0.1, 0.15) is 73.8 Å². The van der Waals surface area contributed by atoms with Crippen LogP contribution in [0.3, 0.4) is 0 Å². The highest BCUT2D eigenvalue weighted by Gasteiger charge is 2.39. The van der Waals surface area contributed by atoms with Crippen LogP contribution in [-0.4, -0.2) is 30.7 Å². The van der Waals surface area contributed by atoms with Crippen molar-refractivity contribution in [3.63, 3.8) is 0 Å². The molecule has 0 saturated heterocycles. The monoisotopic (exact) mass is 389 g/mol. The third-order valence-electron chi connectivity index (χ3n) is 6.09. The lowest BCUT2D eigenvalue weighted by molar-refractivity contribution is -0.0446. The first kappa shape index (κ1) is 17.5.